The molecule has 0 aromatic heterocycles. The fraction of sp³-hybridized carbons (Fsp3) is 0.611. The third-order valence-corrected chi connectivity index (χ3v) is 4.13. The van der Waals surface area contributed by atoms with Crippen molar-refractivity contribution < 1.29 is 14.6 Å². The fourth-order valence-electron chi connectivity index (χ4n) is 2.77. The van der Waals surface area contributed by atoms with Crippen molar-refractivity contribution in [3.63, 3.8) is 0 Å². The molecule has 0 amide bonds. The highest BCUT2D eigenvalue weighted by atomic mass is 16.5. The van der Waals surface area contributed by atoms with Crippen LogP contribution in [0.15, 0.2) is 29.3 Å². The summed E-state index contributed by atoms with van der Waals surface area (Å²) in [5.41, 5.74) is -0.623. The summed E-state index contributed by atoms with van der Waals surface area (Å²) in [6.07, 6.45) is 3.87. The van der Waals surface area contributed by atoms with Crippen LogP contribution in [0.3, 0.4) is 0 Å². The molecule has 6 nitrogen and oxygen atoms in total. The summed E-state index contributed by atoms with van der Waals surface area (Å²) in [5.74, 6) is 2.34. The number of hydrogen-bond donors (Lipinski definition) is 3. The highest BCUT2D eigenvalue weighted by molar-refractivity contribution is 5.79. The summed E-state index contributed by atoms with van der Waals surface area (Å²) in [5, 5.41) is 16.8. The number of guanidine groups is 1. The summed E-state index contributed by atoms with van der Waals surface area (Å²) in [7, 11) is 1.64. The number of nitrogens with one attached hydrogen (secondary N) is 2. The molecule has 1 aliphatic carbocycles. The number of aliphatic hydroxyl groups is 1. The summed E-state index contributed by atoms with van der Waals surface area (Å²) < 4.78 is 10.8. The Hall–Kier alpha value is -1.95. The van der Waals surface area contributed by atoms with E-state index in [1.165, 1.54) is 0 Å². The Morgan fingerprint density at radius 2 is 1.83 bits per heavy atom. The van der Waals surface area contributed by atoms with E-state index < -0.39 is 5.60 Å². The van der Waals surface area contributed by atoms with Crippen LogP contribution in [0.25, 0.3) is 0 Å². The van der Waals surface area contributed by atoms with Gasteiger partial charge in [-0.25, -0.2) is 0 Å². The normalized spacial score (nSPS) is 16.7. The molecule has 1 aromatic carbocycles. The third kappa shape index (κ3) is 5.92. The molecule has 1 aromatic rings. The van der Waals surface area contributed by atoms with Gasteiger partial charge < -0.3 is 25.2 Å². The highest BCUT2D eigenvalue weighted by Gasteiger charge is 2.30. The predicted molar refractivity (Wildman–Crippen MR) is 95.9 cm³/mol. The van der Waals surface area contributed by atoms with Gasteiger partial charge in [0.2, 0.25) is 0 Å². The second-order valence-corrected chi connectivity index (χ2v) is 6.08. The lowest BCUT2D eigenvalue weighted by Crippen LogP contribution is -2.41. The van der Waals surface area contributed by atoms with Crippen LogP contribution in [-0.4, -0.2) is 50.0 Å². The second kappa shape index (κ2) is 9.37. The van der Waals surface area contributed by atoms with E-state index >= 15 is 0 Å². The Kier molecular flexibility index (Phi) is 7.18. The van der Waals surface area contributed by atoms with E-state index in [0.717, 1.165) is 49.7 Å². The fourth-order valence-corrected chi connectivity index (χ4v) is 2.77. The van der Waals surface area contributed by atoms with E-state index in [1.807, 2.05) is 31.2 Å². The highest BCUT2D eigenvalue weighted by Crippen LogP contribution is 2.29. The zero-order valence-electron chi connectivity index (χ0n) is 14.7. The molecule has 0 spiro atoms. The molecule has 3 N–H and O–H groups in total. The van der Waals surface area contributed by atoms with Crippen LogP contribution in [0, 0.1) is 0 Å². The molecule has 0 bridgehead atoms. The second-order valence-electron chi connectivity index (χ2n) is 6.08. The number of rotatable bonds is 8. The predicted octanol–water partition coefficient (Wildman–Crippen LogP) is 1.93. The average Bonchev–Trinajstić information content (AvgIpc) is 3.04. The van der Waals surface area contributed by atoms with E-state index in [4.69, 9.17) is 9.47 Å². The van der Waals surface area contributed by atoms with Gasteiger partial charge >= 0.3 is 0 Å². The van der Waals surface area contributed by atoms with E-state index in [-0.39, 0.29) is 0 Å². The van der Waals surface area contributed by atoms with Gasteiger partial charge in [0.15, 0.2) is 5.96 Å². The van der Waals surface area contributed by atoms with Crippen LogP contribution in [0.2, 0.25) is 0 Å². The lowest BCUT2D eigenvalue weighted by molar-refractivity contribution is 0.0574. The Morgan fingerprint density at radius 3 is 2.46 bits per heavy atom. The third-order valence-electron chi connectivity index (χ3n) is 4.13. The first-order valence-corrected chi connectivity index (χ1v) is 8.66. The average molecular weight is 335 g/mol. The molecule has 6 heteroatoms. The smallest absolute Gasteiger partial charge is 0.191 e. The maximum atomic E-state index is 10.4. The Labute approximate surface area is 144 Å². The van der Waals surface area contributed by atoms with Gasteiger partial charge in [0.25, 0.3) is 0 Å². The first kappa shape index (κ1) is 18.4. The topological polar surface area (TPSA) is 75.1 Å². The van der Waals surface area contributed by atoms with Gasteiger partial charge in [0.05, 0.1) is 25.8 Å². The lowest BCUT2D eigenvalue weighted by Gasteiger charge is -2.20. The molecular formula is C18H29N3O3. The van der Waals surface area contributed by atoms with Gasteiger partial charge in [-0.3, -0.25) is 4.99 Å². The standard InChI is InChI=1S/C18H29N3O3/c1-3-19-17(21-14-18(22)10-4-5-11-18)20-12-13-24-16-8-6-15(23-2)7-9-16/h6-9,22H,3-5,10-14H2,1-2H3,(H2,19,20,21). The summed E-state index contributed by atoms with van der Waals surface area (Å²) >= 11 is 0. The van der Waals surface area contributed by atoms with Crippen LogP contribution in [0.4, 0.5) is 0 Å². The molecule has 0 heterocycles. The van der Waals surface area contributed by atoms with Gasteiger partial charge in [-0.05, 0) is 44.0 Å². The molecule has 1 fully saturated rings. The number of benzene rings is 1. The first-order valence-electron chi connectivity index (χ1n) is 8.66. The van der Waals surface area contributed by atoms with Crippen molar-refractivity contribution >= 4 is 5.96 Å². The molecule has 134 valence electrons. The number of methoxy groups -OCH3 is 1. The summed E-state index contributed by atoms with van der Waals surface area (Å²) in [6, 6.07) is 7.51. The van der Waals surface area contributed by atoms with Crippen LogP contribution in [0.1, 0.15) is 32.6 Å². The summed E-state index contributed by atoms with van der Waals surface area (Å²) in [4.78, 5) is 4.51. The largest absolute Gasteiger partial charge is 0.497 e. The van der Waals surface area contributed by atoms with Gasteiger partial charge in [-0.15, -0.1) is 0 Å². The van der Waals surface area contributed by atoms with Crippen molar-refractivity contribution in [3.05, 3.63) is 24.3 Å². The lowest BCUT2D eigenvalue weighted by atomic mass is 10.0. The van der Waals surface area contributed by atoms with Crippen LogP contribution >= 0.6 is 0 Å². The van der Waals surface area contributed by atoms with E-state index in [9.17, 15) is 5.11 Å². The maximum absolute atomic E-state index is 10.4. The van der Waals surface area contributed by atoms with Gasteiger partial charge in [-0.1, -0.05) is 12.8 Å². The van der Waals surface area contributed by atoms with Crippen molar-refractivity contribution in [2.24, 2.45) is 4.99 Å². The van der Waals surface area contributed by atoms with Crippen LogP contribution < -0.4 is 20.1 Å². The number of hydrogen-bond acceptors (Lipinski definition) is 4. The van der Waals surface area contributed by atoms with E-state index in [0.29, 0.717) is 19.7 Å². The van der Waals surface area contributed by atoms with Crippen molar-refractivity contribution in [2.45, 2.75) is 38.2 Å². The van der Waals surface area contributed by atoms with Crippen molar-refractivity contribution in [2.75, 3.05) is 33.4 Å². The SMILES string of the molecule is CCNC(=NCC1(O)CCCC1)NCCOc1ccc(OC)cc1. The van der Waals surface area contributed by atoms with Gasteiger partial charge in [-0.2, -0.15) is 0 Å². The molecule has 1 aliphatic rings. The molecule has 0 saturated heterocycles. The van der Waals surface area contributed by atoms with Crippen LogP contribution in [0.5, 0.6) is 11.5 Å². The van der Waals surface area contributed by atoms with Crippen molar-refractivity contribution in [3.8, 4) is 11.5 Å². The molecular weight excluding hydrogens is 306 g/mol. The molecule has 0 radical (unpaired) electrons. The minimum Gasteiger partial charge on any atom is -0.497 e. The first-order chi connectivity index (χ1) is 11.6. The van der Waals surface area contributed by atoms with Crippen LogP contribution in [-0.2, 0) is 0 Å². The Balaban J connectivity index is 1.74. The molecule has 0 aliphatic heterocycles. The monoisotopic (exact) mass is 335 g/mol. The quantitative estimate of drug-likeness (QED) is 0.384. The number of aliphatic imine (C=N–C) groups is 1. The van der Waals surface area contributed by atoms with E-state index in [2.05, 4.69) is 15.6 Å². The summed E-state index contributed by atoms with van der Waals surface area (Å²) in [6.45, 7) is 4.41. The van der Waals surface area contributed by atoms with Gasteiger partial charge in [0, 0.05) is 6.54 Å². The minimum absolute atomic E-state index is 0.446. The molecule has 1 saturated carbocycles. The molecule has 24 heavy (non-hydrogen) atoms. The van der Waals surface area contributed by atoms with Crippen molar-refractivity contribution in [1.82, 2.24) is 10.6 Å². The van der Waals surface area contributed by atoms with Crippen molar-refractivity contribution in [1.29, 1.82) is 0 Å². The Bertz CT molecular complexity index is 511. The minimum atomic E-state index is -0.623. The van der Waals surface area contributed by atoms with E-state index in [1.54, 1.807) is 7.11 Å². The number of ether oxygens (including phenoxy) is 2. The molecule has 0 atom stereocenters. The number of nitrogens with zero attached hydrogens (tertiary/aromatic N) is 1. The Morgan fingerprint density at radius 1 is 1.17 bits per heavy atom. The zero-order chi connectivity index (χ0) is 17.3. The van der Waals surface area contributed by atoms with Gasteiger partial charge in [0.1, 0.15) is 18.1 Å². The maximum Gasteiger partial charge on any atom is 0.191 e. The zero-order valence-corrected chi connectivity index (χ0v) is 14.7. The molecule has 2 rings (SSSR count). The molecule has 0 unspecified atom stereocenters.